The zero-order valence-corrected chi connectivity index (χ0v) is 15.6. The molecule has 26 heavy (non-hydrogen) atoms. The van der Waals surface area contributed by atoms with Crippen molar-refractivity contribution in [1.29, 1.82) is 0 Å². The second-order valence-corrected chi connectivity index (χ2v) is 6.42. The number of methoxy groups -OCH3 is 3. The standard InChI is InChI=1S/C18H27N3O5/c1-24-14-8-16(26-3)15(25-2)7-13(14)9-20-17(22)11-21-6-4-5-12(10-21)18(19)23/h7-8,12H,4-6,9-11H2,1-3H3,(H2,19,23)(H,20,22)/p+1/t12-/m0/s1. The molecule has 4 N–H and O–H groups in total. The number of carbonyl (C=O) groups is 2. The minimum absolute atomic E-state index is 0.0815. The maximum Gasteiger partial charge on any atom is 0.275 e. The van der Waals surface area contributed by atoms with Gasteiger partial charge in [-0.05, 0) is 18.9 Å². The lowest BCUT2D eigenvalue weighted by Crippen LogP contribution is -3.14. The average molecular weight is 366 g/mol. The SMILES string of the molecule is COc1cc(OC)c(OC)cc1CNC(=O)C[NH+]1CCC[C@H](C(N)=O)C1. The summed E-state index contributed by atoms with van der Waals surface area (Å²) in [5.74, 6) is 1.25. The van der Waals surface area contributed by atoms with Gasteiger partial charge in [0.05, 0.1) is 40.3 Å². The van der Waals surface area contributed by atoms with Gasteiger partial charge in [0.1, 0.15) is 5.75 Å². The van der Waals surface area contributed by atoms with E-state index in [2.05, 4.69) is 5.32 Å². The Hall–Kier alpha value is -2.48. The smallest absolute Gasteiger partial charge is 0.275 e. The van der Waals surface area contributed by atoms with Crippen LogP contribution in [0.1, 0.15) is 18.4 Å². The molecular formula is C18H28N3O5+. The summed E-state index contributed by atoms with van der Waals surface area (Å²) in [6.45, 7) is 2.12. The molecule has 2 amide bonds. The molecule has 0 aromatic heterocycles. The van der Waals surface area contributed by atoms with Crippen LogP contribution in [0.2, 0.25) is 0 Å². The number of nitrogens with one attached hydrogen (secondary N) is 2. The van der Waals surface area contributed by atoms with Crippen LogP contribution in [-0.2, 0) is 16.1 Å². The number of likely N-dealkylation sites (tertiary alicyclic amines) is 1. The number of amides is 2. The fourth-order valence-electron chi connectivity index (χ4n) is 3.27. The Bertz CT molecular complexity index is 650. The number of benzene rings is 1. The van der Waals surface area contributed by atoms with Gasteiger partial charge in [-0.2, -0.15) is 0 Å². The van der Waals surface area contributed by atoms with E-state index in [9.17, 15) is 9.59 Å². The molecule has 144 valence electrons. The Balaban J connectivity index is 1.95. The molecule has 8 nitrogen and oxygen atoms in total. The van der Waals surface area contributed by atoms with Crippen LogP contribution in [0, 0.1) is 5.92 Å². The predicted octanol–water partition coefficient (Wildman–Crippen LogP) is -0.891. The fraction of sp³-hybridized carbons (Fsp3) is 0.556. The summed E-state index contributed by atoms with van der Waals surface area (Å²) >= 11 is 0. The van der Waals surface area contributed by atoms with E-state index < -0.39 is 0 Å². The molecule has 0 radical (unpaired) electrons. The summed E-state index contributed by atoms with van der Waals surface area (Å²) in [6.07, 6.45) is 1.71. The average Bonchev–Trinajstić information content (AvgIpc) is 2.65. The number of rotatable bonds is 8. The van der Waals surface area contributed by atoms with Crippen LogP contribution < -0.4 is 30.2 Å². The first-order chi connectivity index (χ1) is 12.5. The first kappa shape index (κ1) is 19.8. The molecule has 0 saturated carbocycles. The number of primary amides is 1. The normalized spacial score (nSPS) is 19.5. The molecule has 0 aliphatic carbocycles. The molecule has 0 bridgehead atoms. The lowest BCUT2D eigenvalue weighted by atomic mass is 9.97. The molecule has 1 aromatic carbocycles. The molecule has 1 saturated heterocycles. The van der Waals surface area contributed by atoms with E-state index in [0.717, 1.165) is 29.8 Å². The molecule has 1 unspecified atom stereocenters. The van der Waals surface area contributed by atoms with Gasteiger partial charge in [0.15, 0.2) is 18.0 Å². The monoisotopic (exact) mass is 366 g/mol. The molecular weight excluding hydrogens is 338 g/mol. The maximum atomic E-state index is 12.3. The third-order valence-electron chi connectivity index (χ3n) is 4.69. The number of ether oxygens (including phenoxy) is 3. The molecule has 1 heterocycles. The molecule has 0 spiro atoms. The molecule has 8 heteroatoms. The summed E-state index contributed by atoms with van der Waals surface area (Å²) in [4.78, 5) is 24.7. The van der Waals surface area contributed by atoms with E-state index in [-0.39, 0.29) is 17.7 Å². The molecule has 1 aliphatic rings. The zero-order chi connectivity index (χ0) is 19.1. The van der Waals surface area contributed by atoms with Crippen LogP contribution in [0.25, 0.3) is 0 Å². The number of hydrogen-bond acceptors (Lipinski definition) is 5. The zero-order valence-electron chi connectivity index (χ0n) is 15.6. The highest BCUT2D eigenvalue weighted by Crippen LogP contribution is 2.34. The van der Waals surface area contributed by atoms with Gasteiger partial charge in [0.2, 0.25) is 5.91 Å². The van der Waals surface area contributed by atoms with Crippen LogP contribution in [0.5, 0.6) is 17.2 Å². The Morgan fingerprint density at radius 1 is 1.15 bits per heavy atom. The maximum absolute atomic E-state index is 12.3. The quantitative estimate of drug-likeness (QED) is 0.554. The van der Waals surface area contributed by atoms with Crippen LogP contribution in [0.4, 0.5) is 0 Å². The van der Waals surface area contributed by atoms with Gasteiger partial charge < -0.3 is 30.2 Å². The van der Waals surface area contributed by atoms with Crippen LogP contribution in [0.3, 0.4) is 0 Å². The van der Waals surface area contributed by atoms with Crippen molar-refractivity contribution in [3.8, 4) is 17.2 Å². The van der Waals surface area contributed by atoms with Crippen LogP contribution in [0.15, 0.2) is 12.1 Å². The second-order valence-electron chi connectivity index (χ2n) is 6.42. The molecule has 1 fully saturated rings. The summed E-state index contributed by atoms with van der Waals surface area (Å²) in [7, 11) is 4.68. The Morgan fingerprint density at radius 3 is 2.42 bits per heavy atom. The van der Waals surface area contributed by atoms with E-state index >= 15 is 0 Å². The molecule has 2 rings (SSSR count). The van der Waals surface area contributed by atoms with E-state index in [4.69, 9.17) is 19.9 Å². The van der Waals surface area contributed by atoms with Crippen molar-refractivity contribution in [2.24, 2.45) is 11.7 Å². The largest absolute Gasteiger partial charge is 0.496 e. The number of carbonyl (C=O) groups excluding carboxylic acids is 2. The van der Waals surface area contributed by atoms with Gasteiger partial charge in [0.25, 0.3) is 5.91 Å². The van der Waals surface area contributed by atoms with Crippen molar-refractivity contribution < 1.29 is 28.7 Å². The Labute approximate surface area is 153 Å². The summed E-state index contributed by atoms with van der Waals surface area (Å²) < 4.78 is 15.9. The van der Waals surface area contributed by atoms with E-state index in [1.807, 2.05) is 0 Å². The first-order valence-corrected chi connectivity index (χ1v) is 8.67. The highest BCUT2D eigenvalue weighted by atomic mass is 16.5. The second kappa shape index (κ2) is 9.28. The van der Waals surface area contributed by atoms with Gasteiger partial charge in [-0.15, -0.1) is 0 Å². The van der Waals surface area contributed by atoms with Crippen molar-refractivity contribution in [2.75, 3.05) is 41.0 Å². The van der Waals surface area contributed by atoms with Gasteiger partial charge >= 0.3 is 0 Å². The number of quaternary nitrogens is 1. The van der Waals surface area contributed by atoms with Crippen molar-refractivity contribution in [1.82, 2.24) is 5.32 Å². The fourth-order valence-corrected chi connectivity index (χ4v) is 3.27. The van der Waals surface area contributed by atoms with Crippen molar-refractivity contribution >= 4 is 11.8 Å². The lowest BCUT2D eigenvalue weighted by molar-refractivity contribution is -0.899. The Kier molecular flexibility index (Phi) is 7.08. The van der Waals surface area contributed by atoms with Crippen molar-refractivity contribution in [2.45, 2.75) is 19.4 Å². The summed E-state index contributed by atoms with van der Waals surface area (Å²) in [5.41, 5.74) is 6.18. The van der Waals surface area contributed by atoms with Gasteiger partial charge in [-0.1, -0.05) is 0 Å². The van der Waals surface area contributed by atoms with Crippen molar-refractivity contribution in [3.63, 3.8) is 0 Å². The third-order valence-corrected chi connectivity index (χ3v) is 4.69. The van der Waals surface area contributed by atoms with Crippen LogP contribution >= 0.6 is 0 Å². The predicted molar refractivity (Wildman–Crippen MR) is 95.4 cm³/mol. The number of piperidine rings is 1. The number of hydrogen-bond donors (Lipinski definition) is 3. The van der Waals surface area contributed by atoms with Crippen LogP contribution in [-0.4, -0.2) is 52.8 Å². The van der Waals surface area contributed by atoms with Gasteiger partial charge in [0, 0.05) is 18.2 Å². The molecule has 1 aliphatic heterocycles. The minimum Gasteiger partial charge on any atom is -0.496 e. The number of nitrogens with two attached hydrogens (primary N) is 1. The molecule has 2 atom stereocenters. The summed E-state index contributed by atoms with van der Waals surface area (Å²) in [5, 5.41) is 2.90. The van der Waals surface area contributed by atoms with E-state index in [1.54, 1.807) is 33.5 Å². The highest BCUT2D eigenvalue weighted by molar-refractivity contribution is 5.78. The topological polar surface area (TPSA) is 104 Å². The summed E-state index contributed by atoms with van der Waals surface area (Å²) in [6, 6.07) is 3.52. The third kappa shape index (κ3) is 5.01. The highest BCUT2D eigenvalue weighted by Gasteiger charge is 2.28. The Morgan fingerprint density at radius 2 is 1.81 bits per heavy atom. The van der Waals surface area contributed by atoms with Gasteiger partial charge in [-0.3, -0.25) is 9.59 Å². The van der Waals surface area contributed by atoms with Gasteiger partial charge in [-0.25, -0.2) is 0 Å². The first-order valence-electron chi connectivity index (χ1n) is 8.67. The minimum atomic E-state index is -0.280. The molecule has 1 aromatic rings. The van der Waals surface area contributed by atoms with E-state index in [0.29, 0.717) is 36.9 Å². The van der Waals surface area contributed by atoms with Crippen molar-refractivity contribution in [3.05, 3.63) is 17.7 Å². The van der Waals surface area contributed by atoms with E-state index in [1.165, 1.54) is 0 Å². The lowest BCUT2D eigenvalue weighted by Gasteiger charge is -2.27.